The Labute approximate surface area is 164 Å². The minimum absolute atomic E-state index is 0.593. The van der Waals surface area contributed by atoms with Gasteiger partial charge in [-0.2, -0.15) is 0 Å². The van der Waals surface area contributed by atoms with Gasteiger partial charge in [0.05, 0.1) is 0 Å². The molecule has 0 radical (unpaired) electrons. The van der Waals surface area contributed by atoms with Gasteiger partial charge in [-0.15, -0.1) is 0 Å². The number of hydrogen-bond acceptors (Lipinski definition) is 1. The second-order valence-corrected chi connectivity index (χ2v) is 9.87. The van der Waals surface area contributed by atoms with E-state index in [9.17, 15) is 0 Å². The van der Waals surface area contributed by atoms with Gasteiger partial charge in [0.2, 0.25) is 0 Å². The van der Waals surface area contributed by atoms with Crippen LogP contribution < -0.4 is 4.90 Å². The van der Waals surface area contributed by atoms with Crippen LogP contribution in [-0.4, -0.2) is 14.1 Å². The summed E-state index contributed by atoms with van der Waals surface area (Å²) in [5.74, 6) is 3.18. The largest absolute Gasteiger partial charge is 0.378 e. The van der Waals surface area contributed by atoms with E-state index in [1.165, 1.54) is 44.2 Å². The van der Waals surface area contributed by atoms with Crippen LogP contribution in [0.1, 0.15) is 67.6 Å². The highest BCUT2D eigenvalue weighted by Gasteiger charge is 2.53. The van der Waals surface area contributed by atoms with E-state index in [4.69, 9.17) is 0 Å². The maximum Gasteiger partial charge on any atom is 0.0361 e. The molecule has 0 saturated heterocycles. The molecule has 0 bridgehead atoms. The minimum Gasteiger partial charge on any atom is -0.378 e. The zero-order valence-corrected chi connectivity index (χ0v) is 17.1. The van der Waals surface area contributed by atoms with Gasteiger partial charge in [0.1, 0.15) is 0 Å². The molecule has 1 nitrogen and oxygen atoms in total. The summed E-state index contributed by atoms with van der Waals surface area (Å²) in [6.45, 7) is 2.60. The molecule has 5 atom stereocenters. The lowest BCUT2D eigenvalue weighted by Gasteiger charge is -2.52. The molecule has 0 aromatic heterocycles. The molecular weight excluding hydrogens is 326 g/mol. The van der Waals surface area contributed by atoms with Crippen molar-refractivity contribution in [1.82, 2.24) is 0 Å². The molecule has 27 heavy (non-hydrogen) atoms. The Morgan fingerprint density at radius 3 is 2.44 bits per heavy atom. The monoisotopic (exact) mass is 359 g/mol. The molecule has 0 unspecified atom stereocenters. The molecule has 2 fully saturated rings. The fourth-order valence-corrected chi connectivity index (χ4v) is 6.92. The smallest absolute Gasteiger partial charge is 0.0361 e. The summed E-state index contributed by atoms with van der Waals surface area (Å²) >= 11 is 0. The number of anilines is 1. The fraction of sp³-hybridized carbons (Fsp3) is 0.538. The molecule has 2 saturated carbocycles. The first-order valence-electron chi connectivity index (χ1n) is 10.9. The van der Waals surface area contributed by atoms with Crippen LogP contribution in [0, 0.1) is 17.3 Å². The van der Waals surface area contributed by atoms with Crippen molar-refractivity contribution in [2.75, 3.05) is 19.0 Å². The van der Waals surface area contributed by atoms with Crippen molar-refractivity contribution in [2.24, 2.45) is 17.3 Å². The van der Waals surface area contributed by atoms with Gasteiger partial charge >= 0.3 is 0 Å². The maximum atomic E-state index is 2.60. The van der Waals surface area contributed by atoms with Gasteiger partial charge in [0.25, 0.3) is 0 Å². The Bertz CT molecular complexity index is 820. The molecule has 3 aliphatic carbocycles. The van der Waals surface area contributed by atoms with Crippen LogP contribution in [0.2, 0.25) is 0 Å². The van der Waals surface area contributed by atoms with Crippen molar-refractivity contribution in [2.45, 2.75) is 57.3 Å². The zero-order valence-electron chi connectivity index (χ0n) is 17.1. The average molecular weight is 360 g/mol. The van der Waals surface area contributed by atoms with Crippen LogP contribution in [0.15, 0.2) is 48.5 Å². The van der Waals surface area contributed by atoms with E-state index in [0.717, 1.165) is 17.8 Å². The van der Waals surface area contributed by atoms with Crippen LogP contribution >= 0.6 is 0 Å². The van der Waals surface area contributed by atoms with E-state index in [-0.39, 0.29) is 0 Å². The van der Waals surface area contributed by atoms with Gasteiger partial charge < -0.3 is 4.90 Å². The molecule has 2 aromatic rings. The number of rotatable bonds is 2. The Morgan fingerprint density at radius 2 is 1.67 bits per heavy atom. The number of benzene rings is 2. The highest BCUT2D eigenvalue weighted by atomic mass is 15.1. The number of hydrogen-bond donors (Lipinski definition) is 0. The van der Waals surface area contributed by atoms with Crippen LogP contribution in [0.4, 0.5) is 5.69 Å². The summed E-state index contributed by atoms with van der Waals surface area (Å²) in [6, 6.07) is 18.8. The molecule has 0 amide bonds. The van der Waals surface area contributed by atoms with Gasteiger partial charge in [-0.3, -0.25) is 0 Å². The average Bonchev–Trinajstić information content (AvgIpc) is 3.09. The van der Waals surface area contributed by atoms with Crippen molar-refractivity contribution >= 4 is 5.69 Å². The molecule has 5 rings (SSSR count). The van der Waals surface area contributed by atoms with Crippen molar-refractivity contribution in [3.8, 4) is 0 Å². The van der Waals surface area contributed by atoms with Gasteiger partial charge in [0.15, 0.2) is 0 Å². The SMILES string of the molecule is CN(C)c1ccc([C@@H]2Cc3ccccc3[C@H]3CC[C@]4(C)CCC[C@H]4[C@@H]32)cc1. The highest BCUT2D eigenvalue weighted by Crippen LogP contribution is 2.63. The van der Waals surface area contributed by atoms with Crippen LogP contribution in [0.25, 0.3) is 0 Å². The standard InChI is InChI=1S/C26H33N/c1-26-15-6-9-24(26)25-22(14-16-26)21-8-5-4-7-19(21)17-23(25)18-10-12-20(13-11-18)27(2)3/h4-5,7-8,10-13,22-25H,6,9,14-17H2,1-3H3/t22-,23+,24+,25+,26+/m1/s1. The van der Waals surface area contributed by atoms with E-state index in [0.29, 0.717) is 11.3 Å². The van der Waals surface area contributed by atoms with Crippen LogP contribution in [0.3, 0.4) is 0 Å². The Morgan fingerprint density at radius 1 is 0.889 bits per heavy atom. The molecule has 142 valence electrons. The summed E-state index contributed by atoms with van der Waals surface area (Å²) in [5, 5.41) is 0. The van der Waals surface area contributed by atoms with E-state index >= 15 is 0 Å². The lowest BCUT2D eigenvalue weighted by atomic mass is 9.52. The van der Waals surface area contributed by atoms with Gasteiger partial charge in [-0.25, -0.2) is 0 Å². The van der Waals surface area contributed by atoms with E-state index in [1.807, 2.05) is 0 Å². The summed E-state index contributed by atoms with van der Waals surface area (Å²) in [4.78, 5) is 2.21. The molecule has 3 aliphatic rings. The number of fused-ring (bicyclic) bond motifs is 5. The molecule has 0 heterocycles. The summed E-state index contributed by atoms with van der Waals surface area (Å²) < 4.78 is 0. The first-order chi connectivity index (χ1) is 13.1. The van der Waals surface area contributed by atoms with E-state index in [2.05, 4.69) is 74.4 Å². The minimum atomic E-state index is 0.593. The lowest BCUT2D eigenvalue weighted by Crippen LogP contribution is -2.43. The van der Waals surface area contributed by atoms with E-state index < -0.39 is 0 Å². The van der Waals surface area contributed by atoms with Gasteiger partial charge in [-0.05, 0) is 90.0 Å². The third-order valence-electron chi connectivity index (χ3n) is 8.31. The molecule has 1 heteroatoms. The Hall–Kier alpha value is -1.76. The molecule has 0 N–H and O–H groups in total. The predicted octanol–water partition coefficient (Wildman–Crippen LogP) is 6.39. The van der Waals surface area contributed by atoms with E-state index in [1.54, 1.807) is 16.7 Å². The maximum absolute atomic E-state index is 2.60. The molecule has 0 spiro atoms. The third kappa shape index (κ3) is 2.73. The van der Waals surface area contributed by atoms with Crippen molar-refractivity contribution in [3.05, 3.63) is 65.2 Å². The molecule has 0 aliphatic heterocycles. The topological polar surface area (TPSA) is 3.24 Å². The van der Waals surface area contributed by atoms with Crippen molar-refractivity contribution < 1.29 is 0 Å². The molecule has 2 aromatic carbocycles. The van der Waals surface area contributed by atoms with Crippen LogP contribution in [-0.2, 0) is 6.42 Å². The Kier molecular flexibility index (Phi) is 4.11. The molecular formula is C26H33N. The quantitative estimate of drug-likeness (QED) is 0.600. The summed E-state index contributed by atoms with van der Waals surface area (Å²) in [5.41, 5.74) is 6.76. The second kappa shape index (κ2) is 6.40. The second-order valence-electron chi connectivity index (χ2n) is 9.87. The Balaban J connectivity index is 1.59. The van der Waals surface area contributed by atoms with Crippen molar-refractivity contribution in [1.29, 1.82) is 0 Å². The van der Waals surface area contributed by atoms with Gasteiger partial charge in [-0.1, -0.05) is 49.7 Å². The first-order valence-corrected chi connectivity index (χ1v) is 10.9. The normalized spacial score (nSPS) is 34.5. The predicted molar refractivity (Wildman–Crippen MR) is 115 cm³/mol. The van der Waals surface area contributed by atoms with Gasteiger partial charge in [0, 0.05) is 19.8 Å². The van der Waals surface area contributed by atoms with Crippen molar-refractivity contribution in [3.63, 3.8) is 0 Å². The first kappa shape index (κ1) is 17.3. The summed E-state index contributed by atoms with van der Waals surface area (Å²) in [6.07, 6.45) is 8.39. The summed E-state index contributed by atoms with van der Waals surface area (Å²) in [7, 11) is 4.26. The highest BCUT2D eigenvalue weighted by molar-refractivity contribution is 5.48. The number of nitrogens with zero attached hydrogens (tertiary/aromatic N) is 1. The lowest BCUT2D eigenvalue weighted by molar-refractivity contribution is 0.0470. The zero-order chi connectivity index (χ0) is 18.6. The third-order valence-corrected chi connectivity index (χ3v) is 8.31. The fourth-order valence-electron chi connectivity index (χ4n) is 6.92. The van der Waals surface area contributed by atoms with Crippen LogP contribution in [0.5, 0.6) is 0 Å².